The Morgan fingerprint density at radius 1 is 0.897 bits per heavy atom. The molecule has 0 spiro atoms. The summed E-state index contributed by atoms with van der Waals surface area (Å²) in [6.07, 6.45) is -12.0. The Balaban J connectivity index is 2.43. The molecular weight excluding hydrogens is 411 g/mol. The average Bonchev–Trinajstić information content (AvgIpc) is 2.64. The summed E-state index contributed by atoms with van der Waals surface area (Å²) in [4.78, 5) is 12.3. The van der Waals surface area contributed by atoms with Crippen molar-refractivity contribution in [2.75, 3.05) is 12.5 Å². The predicted molar refractivity (Wildman–Crippen MR) is 88.5 cm³/mol. The van der Waals surface area contributed by atoms with E-state index in [1.807, 2.05) is 0 Å². The van der Waals surface area contributed by atoms with Crippen molar-refractivity contribution in [1.82, 2.24) is 10.7 Å². The lowest BCUT2D eigenvalue weighted by Crippen LogP contribution is -2.76. The summed E-state index contributed by atoms with van der Waals surface area (Å²) in [5.74, 6) is -2.67. The van der Waals surface area contributed by atoms with Gasteiger partial charge in [-0.15, -0.1) is 0 Å². The van der Waals surface area contributed by atoms with Crippen LogP contribution in [0.1, 0.15) is 10.4 Å². The molecule has 1 amide bonds. The Morgan fingerprint density at radius 3 is 1.97 bits per heavy atom. The van der Waals surface area contributed by atoms with E-state index in [2.05, 4.69) is 0 Å². The predicted octanol–water partition coefficient (Wildman–Crippen LogP) is 4.00. The van der Waals surface area contributed by atoms with Gasteiger partial charge in [0.15, 0.2) is 0 Å². The molecule has 0 atom stereocenters. The van der Waals surface area contributed by atoms with E-state index in [4.69, 9.17) is 4.74 Å². The molecule has 0 bridgehead atoms. The van der Waals surface area contributed by atoms with Crippen molar-refractivity contribution in [2.45, 2.75) is 18.0 Å². The number of carbonyl (C=O) groups is 1. The third-order valence-electron chi connectivity index (χ3n) is 3.74. The Morgan fingerprint density at radius 2 is 1.45 bits per heavy atom. The number of alkyl halides is 6. The molecule has 2 aromatic rings. The topological polar surface area (TPSA) is 62.4 Å². The van der Waals surface area contributed by atoms with Crippen LogP contribution in [0, 0.1) is 5.82 Å². The van der Waals surface area contributed by atoms with Crippen molar-refractivity contribution in [3.05, 3.63) is 59.9 Å². The Bertz CT molecular complexity index is 837. The molecule has 5 nitrogen and oxygen atoms in total. The lowest BCUT2D eigenvalue weighted by molar-refractivity contribution is -0.312. The molecule has 2 aromatic carbocycles. The summed E-state index contributed by atoms with van der Waals surface area (Å²) in [6, 6.07) is 8.26. The van der Waals surface area contributed by atoms with Crippen LogP contribution in [-0.4, -0.2) is 31.0 Å². The highest BCUT2D eigenvalue weighted by Crippen LogP contribution is 2.41. The van der Waals surface area contributed by atoms with E-state index in [0.29, 0.717) is 0 Å². The van der Waals surface area contributed by atoms with E-state index in [1.54, 1.807) is 5.43 Å². The van der Waals surface area contributed by atoms with Crippen LogP contribution in [-0.2, 0) is 0 Å². The van der Waals surface area contributed by atoms with Crippen LogP contribution >= 0.6 is 0 Å². The van der Waals surface area contributed by atoms with E-state index in [1.165, 1.54) is 18.2 Å². The Hall–Kier alpha value is -3.02. The minimum absolute atomic E-state index is 0.227. The molecule has 0 aliphatic carbocycles. The number of nitrogens with one attached hydrogen (secondary N) is 3. The maximum atomic E-state index is 13.6. The highest BCUT2D eigenvalue weighted by molar-refractivity contribution is 5.97. The lowest BCUT2D eigenvalue weighted by atomic mass is 10.1. The van der Waals surface area contributed by atoms with Crippen molar-refractivity contribution < 1.29 is 40.3 Å². The van der Waals surface area contributed by atoms with Gasteiger partial charge in [0, 0.05) is 5.69 Å². The molecule has 12 heteroatoms. The number of amides is 1. The Labute approximate surface area is 159 Å². The van der Waals surface area contributed by atoms with Gasteiger partial charge in [0.2, 0.25) is 0 Å². The first-order valence-electron chi connectivity index (χ1n) is 7.79. The first kappa shape index (κ1) is 22.3. The summed E-state index contributed by atoms with van der Waals surface area (Å²) in [5.41, 5.74) is -2.92. The maximum Gasteiger partial charge on any atom is 0.436 e. The van der Waals surface area contributed by atoms with Crippen molar-refractivity contribution >= 4 is 11.6 Å². The van der Waals surface area contributed by atoms with Gasteiger partial charge in [-0.1, -0.05) is 12.1 Å². The van der Waals surface area contributed by atoms with E-state index < -0.39 is 35.3 Å². The van der Waals surface area contributed by atoms with Gasteiger partial charge in [0.05, 0.1) is 12.7 Å². The second-order valence-electron chi connectivity index (χ2n) is 5.66. The monoisotopic (exact) mass is 425 g/mol. The molecule has 0 unspecified atom stereocenters. The van der Waals surface area contributed by atoms with Crippen molar-refractivity contribution in [3.8, 4) is 5.75 Å². The minimum atomic E-state index is -6.02. The number of rotatable bonds is 6. The average molecular weight is 425 g/mol. The van der Waals surface area contributed by atoms with E-state index >= 15 is 0 Å². The third-order valence-corrected chi connectivity index (χ3v) is 3.74. The van der Waals surface area contributed by atoms with Gasteiger partial charge in [0.1, 0.15) is 11.6 Å². The molecule has 0 aliphatic rings. The molecule has 0 saturated carbocycles. The maximum absolute atomic E-state index is 13.6. The van der Waals surface area contributed by atoms with Crippen LogP contribution < -0.4 is 20.9 Å². The quantitative estimate of drug-likeness (QED) is 0.372. The molecule has 0 radical (unpaired) electrons. The number of hydrogen-bond donors (Lipinski definition) is 3. The number of halogens is 7. The molecule has 158 valence electrons. The first-order valence-corrected chi connectivity index (χ1v) is 7.79. The van der Waals surface area contributed by atoms with Gasteiger partial charge >= 0.3 is 18.0 Å². The van der Waals surface area contributed by atoms with Crippen LogP contribution in [0.4, 0.5) is 36.4 Å². The van der Waals surface area contributed by atoms with Crippen LogP contribution in [0.15, 0.2) is 48.5 Å². The molecule has 2 rings (SSSR count). The van der Waals surface area contributed by atoms with Gasteiger partial charge in [-0.3, -0.25) is 4.79 Å². The van der Waals surface area contributed by atoms with Crippen LogP contribution in [0.2, 0.25) is 0 Å². The molecule has 0 fully saturated rings. The summed E-state index contributed by atoms with van der Waals surface area (Å²) in [6.45, 7) is 0. The zero-order valence-electron chi connectivity index (χ0n) is 14.6. The minimum Gasteiger partial charge on any atom is -0.496 e. The number of hydrazine groups is 1. The highest BCUT2D eigenvalue weighted by Gasteiger charge is 2.72. The van der Waals surface area contributed by atoms with E-state index in [9.17, 15) is 35.5 Å². The smallest absolute Gasteiger partial charge is 0.436 e. The fourth-order valence-corrected chi connectivity index (χ4v) is 2.24. The third kappa shape index (κ3) is 4.70. The molecule has 0 heterocycles. The highest BCUT2D eigenvalue weighted by atomic mass is 19.4. The zero-order chi connectivity index (χ0) is 21.9. The van der Waals surface area contributed by atoms with Crippen LogP contribution in [0.5, 0.6) is 5.75 Å². The Kier molecular flexibility index (Phi) is 6.26. The van der Waals surface area contributed by atoms with E-state index in [0.717, 1.165) is 48.2 Å². The number of methoxy groups -OCH3 is 1. The largest absolute Gasteiger partial charge is 0.496 e. The summed E-state index contributed by atoms with van der Waals surface area (Å²) in [7, 11) is 1.10. The van der Waals surface area contributed by atoms with Crippen LogP contribution in [0.3, 0.4) is 0 Å². The second kappa shape index (κ2) is 8.15. The molecule has 0 saturated heterocycles. The number of hydrogen-bond acceptors (Lipinski definition) is 4. The molecule has 0 aliphatic heterocycles. The fourth-order valence-electron chi connectivity index (χ4n) is 2.24. The normalized spacial score (nSPS) is 12.4. The standard InChI is InChI=1S/C17H14F7N3O2/c1-29-13-5-3-2-4-12(13)14(28)25-15(16(19,20)21,17(22,23)24)27-26-11-8-6-10(18)7-9-11/h2-9,26-27H,1H3,(H,25,28). The molecule has 0 aromatic heterocycles. The van der Waals surface area contributed by atoms with Gasteiger partial charge in [0.25, 0.3) is 5.91 Å². The van der Waals surface area contributed by atoms with Crippen molar-refractivity contribution in [1.29, 1.82) is 0 Å². The zero-order valence-corrected chi connectivity index (χ0v) is 14.6. The van der Waals surface area contributed by atoms with Crippen LogP contribution in [0.25, 0.3) is 0 Å². The van der Waals surface area contributed by atoms with E-state index in [-0.39, 0.29) is 11.4 Å². The van der Waals surface area contributed by atoms with Gasteiger partial charge < -0.3 is 15.5 Å². The first-order chi connectivity index (χ1) is 13.4. The van der Waals surface area contributed by atoms with Gasteiger partial charge in [-0.2, -0.15) is 31.8 Å². The number of benzene rings is 2. The molecule has 3 N–H and O–H groups in total. The second-order valence-corrected chi connectivity index (χ2v) is 5.66. The van der Waals surface area contributed by atoms with Crippen molar-refractivity contribution in [3.63, 3.8) is 0 Å². The lowest BCUT2D eigenvalue weighted by Gasteiger charge is -2.38. The van der Waals surface area contributed by atoms with Gasteiger partial charge in [-0.25, -0.2) is 4.39 Å². The number of anilines is 1. The SMILES string of the molecule is COc1ccccc1C(=O)NC(NNc1ccc(F)cc1)(C(F)(F)F)C(F)(F)F. The number of ether oxygens (including phenoxy) is 1. The van der Waals surface area contributed by atoms with Crippen molar-refractivity contribution in [2.24, 2.45) is 0 Å². The molecular formula is C17H14F7N3O2. The molecule has 29 heavy (non-hydrogen) atoms. The number of para-hydroxylation sites is 1. The fraction of sp³-hybridized carbons (Fsp3) is 0.235. The number of carbonyl (C=O) groups excluding carboxylic acids is 1. The van der Waals surface area contributed by atoms with Gasteiger partial charge in [-0.05, 0) is 36.4 Å². The summed E-state index contributed by atoms with van der Waals surface area (Å²) >= 11 is 0. The summed E-state index contributed by atoms with van der Waals surface area (Å²) in [5, 5.41) is 0.966. The summed E-state index contributed by atoms with van der Waals surface area (Å²) < 4.78 is 99.1.